The zero-order valence-electron chi connectivity index (χ0n) is 9.13. The van der Waals surface area contributed by atoms with Gasteiger partial charge in [0.05, 0.1) is 12.9 Å². The zero-order chi connectivity index (χ0) is 10.7. The molecule has 1 aliphatic heterocycles. The summed E-state index contributed by atoms with van der Waals surface area (Å²) >= 11 is 0. The third-order valence-corrected chi connectivity index (χ3v) is 3.69. The average Bonchev–Trinajstić information content (AvgIpc) is 2.82. The van der Waals surface area contributed by atoms with Crippen LogP contribution in [0.2, 0.25) is 0 Å². The lowest BCUT2D eigenvalue weighted by Gasteiger charge is -2.34. The predicted octanol–water partition coefficient (Wildman–Crippen LogP) is 1.77. The van der Waals surface area contributed by atoms with Gasteiger partial charge >= 0.3 is 0 Å². The first-order valence-corrected chi connectivity index (χ1v) is 5.84. The van der Waals surface area contributed by atoms with Gasteiger partial charge in [0.1, 0.15) is 0 Å². The van der Waals surface area contributed by atoms with Gasteiger partial charge in [-0.25, -0.2) is 0 Å². The van der Waals surface area contributed by atoms with Crippen LogP contribution in [0.5, 0.6) is 0 Å². The van der Waals surface area contributed by atoms with Crippen molar-refractivity contribution in [3.8, 4) is 0 Å². The van der Waals surface area contributed by atoms with Crippen molar-refractivity contribution in [2.45, 2.75) is 38.5 Å². The number of ether oxygens (including phenoxy) is 1. The van der Waals surface area contributed by atoms with Crippen LogP contribution in [0.15, 0.2) is 11.8 Å². The molecule has 84 valence electrons. The highest BCUT2D eigenvalue weighted by Crippen LogP contribution is 2.39. The zero-order valence-corrected chi connectivity index (χ0v) is 9.13. The maximum atomic E-state index is 12.3. The number of nitrogens with two attached hydrogens (primary N) is 1. The van der Waals surface area contributed by atoms with Crippen molar-refractivity contribution in [2.24, 2.45) is 11.1 Å². The molecule has 1 saturated carbocycles. The summed E-state index contributed by atoms with van der Waals surface area (Å²) in [6, 6.07) is 0. The third kappa shape index (κ3) is 1.93. The smallest absolute Gasteiger partial charge is 0.169 e. The topological polar surface area (TPSA) is 52.3 Å². The first kappa shape index (κ1) is 10.7. The Balaban J connectivity index is 2.13. The summed E-state index contributed by atoms with van der Waals surface area (Å²) in [5.41, 5.74) is 6.40. The number of ketones is 1. The van der Waals surface area contributed by atoms with Crippen LogP contribution in [0.25, 0.3) is 0 Å². The summed E-state index contributed by atoms with van der Waals surface area (Å²) in [5.74, 6) is 0.252. The van der Waals surface area contributed by atoms with E-state index >= 15 is 0 Å². The second-order valence-electron chi connectivity index (χ2n) is 4.64. The van der Waals surface area contributed by atoms with Crippen molar-refractivity contribution in [1.29, 1.82) is 0 Å². The Hall–Kier alpha value is -0.830. The molecule has 2 aliphatic rings. The number of carbonyl (C=O) groups is 1. The molecule has 0 radical (unpaired) electrons. The van der Waals surface area contributed by atoms with E-state index in [-0.39, 0.29) is 11.2 Å². The van der Waals surface area contributed by atoms with E-state index in [0.717, 1.165) is 37.7 Å². The van der Waals surface area contributed by atoms with Gasteiger partial charge in [-0.05, 0) is 12.8 Å². The second kappa shape index (κ2) is 4.35. The van der Waals surface area contributed by atoms with Crippen LogP contribution in [0.1, 0.15) is 38.5 Å². The van der Waals surface area contributed by atoms with Gasteiger partial charge in [0.25, 0.3) is 0 Å². The maximum Gasteiger partial charge on any atom is 0.169 e. The summed E-state index contributed by atoms with van der Waals surface area (Å²) in [6.45, 7) is 1.14. The standard InChI is InChI=1S/C12H19NO2/c13-9-12(5-2-1-3-6-12)11(14)10-4-7-15-8-10/h8H,1-7,9,13H2. The fraction of sp³-hybridized carbons (Fsp3) is 0.750. The highest BCUT2D eigenvalue weighted by atomic mass is 16.5. The van der Waals surface area contributed by atoms with Gasteiger partial charge in [-0.2, -0.15) is 0 Å². The van der Waals surface area contributed by atoms with Crippen molar-refractivity contribution in [2.75, 3.05) is 13.2 Å². The molecule has 3 heteroatoms. The molecule has 0 atom stereocenters. The summed E-state index contributed by atoms with van der Waals surface area (Å²) in [6.07, 6.45) is 7.83. The number of Topliss-reactive ketones (excluding diaryl/α,β-unsaturated/α-hetero) is 1. The summed E-state index contributed by atoms with van der Waals surface area (Å²) in [5, 5.41) is 0. The predicted molar refractivity (Wildman–Crippen MR) is 58.2 cm³/mol. The molecular formula is C12H19NO2. The van der Waals surface area contributed by atoms with Crippen molar-refractivity contribution >= 4 is 5.78 Å². The molecule has 15 heavy (non-hydrogen) atoms. The van der Waals surface area contributed by atoms with Crippen LogP contribution >= 0.6 is 0 Å². The lowest BCUT2D eigenvalue weighted by molar-refractivity contribution is -0.126. The highest BCUT2D eigenvalue weighted by molar-refractivity contribution is 6.00. The first-order valence-electron chi connectivity index (χ1n) is 5.84. The quantitative estimate of drug-likeness (QED) is 0.770. The lowest BCUT2D eigenvalue weighted by Crippen LogP contribution is -2.41. The van der Waals surface area contributed by atoms with Crippen LogP contribution < -0.4 is 5.73 Å². The van der Waals surface area contributed by atoms with Crippen molar-refractivity contribution in [1.82, 2.24) is 0 Å². The molecule has 3 nitrogen and oxygen atoms in total. The molecule has 0 aromatic carbocycles. The van der Waals surface area contributed by atoms with Gasteiger partial charge in [0.15, 0.2) is 5.78 Å². The minimum Gasteiger partial charge on any atom is -0.500 e. The minimum absolute atomic E-state index is 0.252. The Morgan fingerprint density at radius 1 is 1.40 bits per heavy atom. The molecule has 2 N–H and O–H groups in total. The summed E-state index contributed by atoms with van der Waals surface area (Å²) in [7, 11) is 0. The Morgan fingerprint density at radius 3 is 2.67 bits per heavy atom. The molecule has 0 spiro atoms. The van der Waals surface area contributed by atoms with Gasteiger partial charge in [-0.15, -0.1) is 0 Å². The number of rotatable bonds is 3. The molecule has 0 saturated heterocycles. The molecule has 1 aliphatic carbocycles. The number of hydrogen-bond donors (Lipinski definition) is 1. The Kier molecular flexibility index (Phi) is 3.10. The average molecular weight is 209 g/mol. The molecule has 0 unspecified atom stereocenters. The van der Waals surface area contributed by atoms with E-state index in [2.05, 4.69) is 0 Å². The van der Waals surface area contributed by atoms with Crippen molar-refractivity contribution in [3.63, 3.8) is 0 Å². The summed E-state index contributed by atoms with van der Waals surface area (Å²) < 4.78 is 5.13. The second-order valence-corrected chi connectivity index (χ2v) is 4.64. The third-order valence-electron chi connectivity index (χ3n) is 3.69. The van der Waals surface area contributed by atoms with Crippen molar-refractivity contribution < 1.29 is 9.53 Å². The molecule has 2 rings (SSSR count). The highest BCUT2D eigenvalue weighted by Gasteiger charge is 2.40. The van der Waals surface area contributed by atoms with E-state index in [1.54, 1.807) is 6.26 Å². The molecule has 0 bridgehead atoms. The molecule has 0 aromatic rings. The first-order chi connectivity index (χ1) is 7.28. The van der Waals surface area contributed by atoms with Crippen LogP contribution in [-0.4, -0.2) is 18.9 Å². The Bertz CT molecular complexity index is 277. The number of carbonyl (C=O) groups excluding carboxylic acids is 1. The fourth-order valence-corrected chi connectivity index (χ4v) is 2.65. The van der Waals surface area contributed by atoms with Gasteiger partial charge in [-0.1, -0.05) is 19.3 Å². The van der Waals surface area contributed by atoms with Crippen LogP contribution in [-0.2, 0) is 9.53 Å². The van der Waals surface area contributed by atoms with Crippen LogP contribution in [0.3, 0.4) is 0 Å². The van der Waals surface area contributed by atoms with Gasteiger partial charge in [0.2, 0.25) is 0 Å². The molecular weight excluding hydrogens is 190 g/mol. The van der Waals surface area contributed by atoms with Crippen LogP contribution in [0.4, 0.5) is 0 Å². The largest absolute Gasteiger partial charge is 0.500 e. The van der Waals surface area contributed by atoms with E-state index < -0.39 is 0 Å². The van der Waals surface area contributed by atoms with E-state index in [4.69, 9.17) is 10.5 Å². The minimum atomic E-state index is -0.266. The van der Waals surface area contributed by atoms with E-state index in [1.807, 2.05) is 0 Å². The monoisotopic (exact) mass is 209 g/mol. The normalized spacial score (nSPS) is 24.5. The maximum absolute atomic E-state index is 12.3. The molecule has 0 aromatic heterocycles. The van der Waals surface area contributed by atoms with Crippen molar-refractivity contribution in [3.05, 3.63) is 11.8 Å². The lowest BCUT2D eigenvalue weighted by atomic mass is 9.69. The SMILES string of the molecule is NCC1(C(=O)C2=COCC2)CCCCC1. The number of hydrogen-bond acceptors (Lipinski definition) is 3. The van der Waals surface area contributed by atoms with Crippen LogP contribution in [0, 0.1) is 5.41 Å². The Labute approximate surface area is 90.7 Å². The summed E-state index contributed by atoms with van der Waals surface area (Å²) in [4.78, 5) is 12.3. The van der Waals surface area contributed by atoms with Gasteiger partial charge < -0.3 is 10.5 Å². The molecule has 1 fully saturated rings. The van der Waals surface area contributed by atoms with E-state index in [1.165, 1.54) is 6.42 Å². The Morgan fingerprint density at radius 2 is 2.13 bits per heavy atom. The van der Waals surface area contributed by atoms with E-state index in [9.17, 15) is 4.79 Å². The fourth-order valence-electron chi connectivity index (χ4n) is 2.65. The van der Waals surface area contributed by atoms with E-state index in [0.29, 0.717) is 13.2 Å². The molecule has 1 heterocycles. The molecule has 0 amide bonds. The van der Waals surface area contributed by atoms with Gasteiger partial charge in [0, 0.05) is 24.0 Å². The van der Waals surface area contributed by atoms with Gasteiger partial charge in [-0.3, -0.25) is 4.79 Å².